The monoisotopic (exact) mass is 448 g/mol. The van der Waals surface area contributed by atoms with Crippen LogP contribution in [0.5, 0.6) is 17.2 Å². The number of rotatable bonds is 10. The molecule has 0 aliphatic rings. The zero-order chi connectivity index (χ0) is 24.6. The first kappa shape index (κ1) is 26.0. The first-order valence-corrected chi connectivity index (χ1v) is 11.1. The fraction of sp³-hybridized carbons (Fsp3) is 0.345. The number of hydrogen-bond acceptors (Lipinski definition) is 4. The molecule has 2 rings (SSSR count). The SMILES string of the molecule is C=CCOc1ccc(C(=O)/C=C/c2cc(CC=C)c(OC(C)(C)C)c(OC(C)(C)C)c2)cc1. The Labute approximate surface area is 198 Å². The molecule has 2 aromatic rings. The maximum atomic E-state index is 12.7. The molecular weight excluding hydrogens is 412 g/mol. The van der Waals surface area contributed by atoms with E-state index in [4.69, 9.17) is 14.2 Å². The van der Waals surface area contributed by atoms with Crippen LogP contribution in [0.4, 0.5) is 0 Å². The van der Waals surface area contributed by atoms with E-state index in [1.807, 2.05) is 59.8 Å². The van der Waals surface area contributed by atoms with Gasteiger partial charge in [0.25, 0.3) is 0 Å². The van der Waals surface area contributed by atoms with Crippen molar-refractivity contribution < 1.29 is 19.0 Å². The van der Waals surface area contributed by atoms with Crippen LogP contribution in [-0.4, -0.2) is 23.6 Å². The van der Waals surface area contributed by atoms with E-state index in [0.29, 0.717) is 35.8 Å². The molecule has 0 atom stereocenters. The summed E-state index contributed by atoms with van der Waals surface area (Å²) in [6.45, 7) is 19.9. The smallest absolute Gasteiger partial charge is 0.185 e. The van der Waals surface area contributed by atoms with Gasteiger partial charge in [0.05, 0.1) is 0 Å². The van der Waals surface area contributed by atoms with Gasteiger partial charge in [-0.3, -0.25) is 4.79 Å². The summed E-state index contributed by atoms with van der Waals surface area (Å²) in [6, 6.07) is 11.0. The van der Waals surface area contributed by atoms with Gasteiger partial charge in [0, 0.05) is 11.1 Å². The molecule has 2 aromatic carbocycles. The normalized spacial score (nSPS) is 11.8. The molecule has 0 aliphatic heterocycles. The third-order valence-corrected chi connectivity index (χ3v) is 4.28. The van der Waals surface area contributed by atoms with E-state index in [1.165, 1.54) is 0 Å². The zero-order valence-electron chi connectivity index (χ0n) is 20.7. The van der Waals surface area contributed by atoms with Gasteiger partial charge < -0.3 is 14.2 Å². The van der Waals surface area contributed by atoms with Gasteiger partial charge >= 0.3 is 0 Å². The molecule has 4 heteroatoms. The predicted octanol–water partition coefficient (Wildman–Crippen LogP) is 7.23. The lowest BCUT2D eigenvalue weighted by Crippen LogP contribution is -2.27. The van der Waals surface area contributed by atoms with Crippen LogP contribution >= 0.6 is 0 Å². The van der Waals surface area contributed by atoms with E-state index < -0.39 is 5.60 Å². The van der Waals surface area contributed by atoms with Gasteiger partial charge in [0.1, 0.15) is 23.6 Å². The molecule has 0 unspecified atom stereocenters. The quantitative estimate of drug-likeness (QED) is 0.218. The summed E-state index contributed by atoms with van der Waals surface area (Å²) in [5.74, 6) is 1.95. The van der Waals surface area contributed by atoms with E-state index in [9.17, 15) is 4.79 Å². The molecule has 33 heavy (non-hydrogen) atoms. The van der Waals surface area contributed by atoms with Crippen molar-refractivity contribution in [1.29, 1.82) is 0 Å². The van der Waals surface area contributed by atoms with Crippen molar-refractivity contribution in [2.45, 2.75) is 59.2 Å². The summed E-state index contributed by atoms with van der Waals surface area (Å²) in [4.78, 5) is 12.7. The Morgan fingerprint density at radius 3 is 2.09 bits per heavy atom. The Bertz CT molecular complexity index is 1000. The molecule has 0 aliphatic carbocycles. The lowest BCUT2D eigenvalue weighted by Gasteiger charge is -2.29. The third-order valence-electron chi connectivity index (χ3n) is 4.28. The van der Waals surface area contributed by atoms with E-state index in [1.54, 1.807) is 42.5 Å². The predicted molar refractivity (Wildman–Crippen MR) is 137 cm³/mol. The van der Waals surface area contributed by atoms with Crippen LogP contribution in [0.1, 0.15) is 63.0 Å². The molecule has 0 N–H and O–H groups in total. The second kappa shape index (κ2) is 11.0. The molecule has 0 aromatic heterocycles. The van der Waals surface area contributed by atoms with Gasteiger partial charge in [0.15, 0.2) is 17.3 Å². The molecule has 0 spiro atoms. The van der Waals surface area contributed by atoms with Crippen molar-refractivity contribution in [2.24, 2.45) is 0 Å². The van der Waals surface area contributed by atoms with Crippen molar-refractivity contribution in [1.82, 2.24) is 0 Å². The number of ketones is 1. The maximum absolute atomic E-state index is 12.7. The first-order chi connectivity index (χ1) is 15.4. The minimum absolute atomic E-state index is 0.0937. The number of carbonyl (C=O) groups is 1. The Hall–Kier alpha value is -3.27. The third kappa shape index (κ3) is 8.64. The second-order valence-electron chi connectivity index (χ2n) is 9.75. The largest absolute Gasteiger partial charge is 0.490 e. The Morgan fingerprint density at radius 2 is 1.55 bits per heavy atom. The van der Waals surface area contributed by atoms with E-state index in [-0.39, 0.29) is 11.4 Å². The van der Waals surface area contributed by atoms with E-state index >= 15 is 0 Å². The topological polar surface area (TPSA) is 44.8 Å². The molecule has 0 saturated heterocycles. The highest BCUT2D eigenvalue weighted by Gasteiger charge is 2.23. The summed E-state index contributed by atoms with van der Waals surface area (Å²) in [5, 5.41) is 0. The van der Waals surface area contributed by atoms with Crippen LogP contribution in [0.25, 0.3) is 6.08 Å². The van der Waals surface area contributed by atoms with Crippen molar-refractivity contribution >= 4 is 11.9 Å². The van der Waals surface area contributed by atoms with E-state index in [2.05, 4.69) is 13.2 Å². The van der Waals surface area contributed by atoms with Gasteiger partial charge in [-0.1, -0.05) is 24.8 Å². The standard InChI is InChI=1S/C29H36O4/c1-9-11-23-19-21(20-26(32-28(3,4)5)27(23)33-29(6,7)8)12-17-25(30)22-13-15-24(16-14-22)31-18-10-2/h9-10,12-17,19-20H,1-2,11,18H2,3-8H3/b17-12+. The highest BCUT2D eigenvalue weighted by Crippen LogP contribution is 2.38. The minimum atomic E-state index is -0.408. The number of hydrogen-bond donors (Lipinski definition) is 0. The second-order valence-corrected chi connectivity index (χ2v) is 9.75. The van der Waals surface area contributed by atoms with Gasteiger partial charge in [-0.05, 0) is 96.0 Å². The molecule has 0 fully saturated rings. The van der Waals surface area contributed by atoms with Crippen LogP contribution in [0.15, 0.2) is 67.8 Å². The molecule has 0 heterocycles. The number of benzene rings is 2. The van der Waals surface area contributed by atoms with Gasteiger partial charge in [-0.2, -0.15) is 0 Å². The summed E-state index contributed by atoms with van der Waals surface area (Å²) < 4.78 is 18.0. The van der Waals surface area contributed by atoms with Gasteiger partial charge in [0.2, 0.25) is 0 Å². The lowest BCUT2D eigenvalue weighted by molar-refractivity contribution is 0.0948. The van der Waals surface area contributed by atoms with E-state index in [0.717, 1.165) is 11.1 Å². The minimum Gasteiger partial charge on any atom is -0.490 e. The molecule has 0 radical (unpaired) electrons. The molecule has 0 saturated carbocycles. The number of allylic oxidation sites excluding steroid dienone is 2. The van der Waals surface area contributed by atoms with Crippen LogP contribution in [-0.2, 0) is 6.42 Å². The first-order valence-electron chi connectivity index (χ1n) is 11.1. The highest BCUT2D eigenvalue weighted by molar-refractivity contribution is 6.06. The number of carbonyl (C=O) groups excluding carboxylic acids is 1. The van der Waals surface area contributed by atoms with Crippen LogP contribution in [0.2, 0.25) is 0 Å². The Balaban J connectivity index is 2.38. The summed E-state index contributed by atoms with van der Waals surface area (Å²) in [7, 11) is 0. The summed E-state index contributed by atoms with van der Waals surface area (Å²) >= 11 is 0. The molecule has 0 amide bonds. The fourth-order valence-electron chi connectivity index (χ4n) is 3.05. The van der Waals surface area contributed by atoms with Crippen LogP contribution in [0, 0.1) is 0 Å². The Morgan fingerprint density at radius 1 is 0.909 bits per heavy atom. The highest BCUT2D eigenvalue weighted by atomic mass is 16.5. The fourth-order valence-corrected chi connectivity index (χ4v) is 3.05. The Kier molecular flexibility index (Phi) is 8.69. The lowest BCUT2D eigenvalue weighted by atomic mass is 10.0. The van der Waals surface area contributed by atoms with Crippen molar-refractivity contribution in [3.05, 3.63) is 84.5 Å². The van der Waals surface area contributed by atoms with Crippen LogP contribution in [0.3, 0.4) is 0 Å². The summed E-state index contributed by atoms with van der Waals surface area (Å²) in [5.41, 5.74) is 1.60. The van der Waals surface area contributed by atoms with Crippen molar-refractivity contribution in [3.63, 3.8) is 0 Å². The van der Waals surface area contributed by atoms with Gasteiger partial charge in [-0.15, -0.1) is 6.58 Å². The van der Waals surface area contributed by atoms with Crippen molar-refractivity contribution in [3.8, 4) is 17.2 Å². The van der Waals surface area contributed by atoms with Crippen molar-refractivity contribution in [2.75, 3.05) is 6.61 Å². The molecule has 4 nitrogen and oxygen atoms in total. The summed E-state index contributed by atoms with van der Waals surface area (Å²) in [6.07, 6.45) is 7.50. The molecule has 0 bridgehead atoms. The van der Waals surface area contributed by atoms with Gasteiger partial charge in [-0.25, -0.2) is 0 Å². The average molecular weight is 449 g/mol. The number of ether oxygens (including phenoxy) is 3. The zero-order valence-corrected chi connectivity index (χ0v) is 20.7. The average Bonchev–Trinajstić information content (AvgIpc) is 2.71. The molecule has 176 valence electrons. The maximum Gasteiger partial charge on any atom is 0.185 e. The molecular formula is C29H36O4. The van der Waals surface area contributed by atoms with Crippen LogP contribution < -0.4 is 14.2 Å².